The van der Waals surface area contributed by atoms with Crippen molar-refractivity contribution in [1.29, 1.82) is 0 Å². The minimum Gasteiger partial charge on any atom is -0.494 e. The first kappa shape index (κ1) is 18.3. The molecule has 0 fully saturated rings. The van der Waals surface area contributed by atoms with E-state index in [1.165, 1.54) is 24.3 Å². The minimum absolute atomic E-state index is 0.237. The van der Waals surface area contributed by atoms with Crippen molar-refractivity contribution in [3.8, 4) is 11.5 Å². The van der Waals surface area contributed by atoms with Crippen molar-refractivity contribution in [3.63, 3.8) is 0 Å². The van der Waals surface area contributed by atoms with E-state index in [1.807, 2.05) is 6.92 Å². The Bertz CT molecular complexity index is 930. The second kappa shape index (κ2) is 8.27. The van der Waals surface area contributed by atoms with Crippen LogP contribution >= 0.6 is 0 Å². The maximum absolute atomic E-state index is 13.0. The van der Waals surface area contributed by atoms with E-state index in [4.69, 9.17) is 9.47 Å². The van der Waals surface area contributed by atoms with E-state index in [9.17, 15) is 14.0 Å². The Labute approximate surface area is 156 Å². The van der Waals surface area contributed by atoms with Crippen LogP contribution in [0.15, 0.2) is 72.8 Å². The molecule has 0 bridgehead atoms. The lowest BCUT2D eigenvalue weighted by Crippen LogP contribution is -2.08. The van der Waals surface area contributed by atoms with Crippen molar-refractivity contribution in [2.24, 2.45) is 0 Å². The molecular formula is C22H17FO4. The molecule has 0 aliphatic carbocycles. The Morgan fingerprint density at radius 3 is 1.78 bits per heavy atom. The highest BCUT2D eigenvalue weighted by molar-refractivity contribution is 6.09. The van der Waals surface area contributed by atoms with E-state index in [0.717, 1.165) is 0 Å². The SMILES string of the molecule is CCOc1ccc(C(=O)Oc2ccc(C(=O)c3ccc(F)cc3)cc2)cc1. The zero-order chi connectivity index (χ0) is 19.2. The van der Waals surface area contributed by atoms with Gasteiger partial charge in [-0.05, 0) is 79.7 Å². The van der Waals surface area contributed by atoms with Crippen LogP contribution in [0, 0.1) is 5.82 Å². The first-order chi connectivity index (χ1) is 13.1. The molecule has 0 unspecified atom stereocenters. The van der Waals surface area contributed by atoms with Crippen molar-refractivity contribution in [2.45, 2.75) is 6.92 Å². The third-order valence-corrected chi connectivity index (χ3v) is 3.83. The molecule has 5 heteroatoms. The average Bonchev–Trinajstić information content (AvgIpc) is 2.69. The number of carbonyl (C=O) groups excluding carboxylic acids is 2. The maximum atomic E-state index is 13.0. The van der Waals surface area contributed by atoms with Crippen molar-refractivity contribution >= 4 is 11.8 Å². The lowest BCUT2D eigenvalue weighted by molar-refractivity contribution is 0.0734. The molecule has 3 rings (SSSR count). The van der Waals surface area contributed by atoms with E-state index in [-0.39, 0.29) is 5.78 Å². The quantitative estimate of drug-likeness (QED) is 0.362. The molecule has 0 saturated heterocycles. The van der Waals surface area contributed by atoms with Gasteiger partial charge in [-0.15, -0.1) is 0 Å². The number of hydrogen-bond acceptors (Lipinski definition) is 4. The summed E-state index contributed by atoms with van der Waals surface area (Å²) >= 11 is 0. The van der Waals surface area contributed by atoms with Crippen LogP contribution in [0.2, 0.25) is 0 Å². The summed E-state index contributed by atoms with van der Waals surface area (Å²) in [7, 11) is 0. The van der Waals surface area contributed by atoms with Gasteiger partial charge in [0.25, 0.3) is 0 Å². The Morgan fingerprint density at radius 2 is 1.22 bits per heavy atom. The van der Waals surface area contributed by atoms with Crippen LogP contribution in [0.5, 0.6) is 11.5 Å². The first-order valence-corrected chi connectivity index (χ1v) is 8.42. The van der Waals surface area contributed by atoms with E-state index in [2.05, 4.69) is 0 Å². The third-order valence-electron chi connectivity index (χ3n) is 3.83. The smallest absolute Gasteiger partial charge is 0.343 e. The number of hydrogen-bond donors (Lipinski definition) is 0. The summed E-state index contributed by atoms with van der Waals surface area (Å²) in [6.07, 6.45) is 0. The van der Waals surface area contributed by atoms with E-state index < -0.39 is 11.8 Å². The van der Waals surface area contributed by atoms with Crippen LogP contribution in [0.3, 0.4) is 0 Å². The topological polar surface area (TPSA) is 52.6 Å². The van der Waals surface area contributed by atoms with Gasteiger partial charge in [0.15, 0.2) is 5.78 Å². The molecule has 3 aromatic carbocycles. The molecule has 0 aliphatic heterocycles. The summed E-state index contributed by atoms with van der Waals surface area (Å²) in [5.41, 5.74) is 1.20. The fourth-order valence-electron chi connectivity index (χ4n) is 2.46. The van der Waals surface area contributed by atoms with Gasteiger partial charge in [0, 0.05) is 11.1 Å². The second-order valence-electron chi connectivity index (χ2n) is 5.71. The summed E-state index contributed by atoms with van der Waals surface area (Å²) in [6, 6.07) is 18.2. The molecule has 0 radical (unpaired) electrons. The van der Waals surface area contributed by atoms with Gasteiger partial charge in [0.2, 0.25) is 0 Å². The number of carbonyl (C=O) groups is 2. The second-order valence-corrected chi connectivity index (χ2v) is 5.71. The largest absolute Gasteiger partial charge is 0.494 e. The minimum atomic E-state index is -0.504. The molecule has 0 heterocycles. The molecule has 0 amide bonds. The summed E-state index contributed by atoms with van der Waals surface area (Å²) < 4.78 is 23.6. The van der Waals surface area contributed by atoms with Crippen molar-refractivity contribution in [1.82, 2.24) is 0 Å². The van der Waals surface area contributed by atoms with Gasteiger partial charge in [0.1, 0.15) is 17.3 Å². The molecule has 3 aromatic rings. The lowest BCUT2D eigenvalue weighted by atomic mass is 10.0. The van der Waals surface area contributed by atoms with E-state index in [1.54, 1.807) is 48.5 Å². The Kier molecular flexibility index (Phi) is 5.61. The van der Waals surface area contributed by atoms with Gasteiger partial charge < -0.3 is 9.47 Å². The Morgan fingerprint density at radius 1 is 0.741 bits per heavy atom. The van der Waals surface area contributed by atoms with Gasteiger partial charge in [0.05, 0.1) is 12.2 Å². The molecule has 0 atom stereocenters. The van der Waals surface area contributed by atoms with Crippen molar-refractivity contribution in [2.75, 3.05) is 6.61 Å². The van der Waals surface area contributed by atoms with Crippen LogP contribution in [-0.4, -0.2) is 18.4 Å². The normalized spacial score (nSPS) is 10.3. The summed E-state index contributed by atoms with van der Waals surface area (Å²) in [5, 5.41) is 0. The number of halogens is 1. The van der Waals surface area contributed by atoms with Crippen LogP contribution in [0.25, 0.3) is 0 Å². The molecule has 27 heavy (non-hydrogen) atoms. The van der Waals surface area contributed by atoms with Crippen molar-refractivity contribution in [3.05, 3.63) is 95.3 Å². The summed E-state index contributed by atoms with van der Waals surface area (Å²) in [4.78, 5) is 24.5. The Hall–Kier alpha value is -3.47. The molecule has 0 N–H and O–H groups in total. The zero-order valence-electron chi connectivity index (χ0n) is 14.6. The average molecular weight is 364 g/mol. The van der Waals surface area contributed by atoms with Crippen molar-refractivity contribution < 1.29 is 23.5 Å². The number of benzene rings is 3. The fourth-order valence-corrected chi connectivity index (χ4v) is 2.46. The van der Waals surface area contributed by atoms with Crippen LogP contribution < -0.4 is 9.47 Å². The van der Waals surface area contributed by atoms with Crippen LogP contribution in [-0.2, 0) is 0 Å². The zero-order valence-corrected chi connectivity index (χ0v) is 14.6. The standard InChI is InChI=1S/C22H17FO4/c1-2-26-19-11-7-17(8-12-19)22(25)27-20-13-5-16(6-14-20)21(24)15-3-9-18(23)10-4-15/h3-14H,2H2,1H3. The molecule has 0 aromatic heterocycles. The molecule has 0 spiro atoms. The number of ketones is 1. The van der Waals surface area contributed by atoms with Crippen LogP contribution in [0.1, 0.15) is 33.2 Å². The van der Waals surface area contributed by atoms with Gasteiger partial charge in [-0.2, -0.15) is 0 Å². The highest BCUT2D eigenvalue weighted by Crippen LogP contribution is 2.18. The molecule has 4 nitrogen and oxygen atoms in total. The highest BCUT2D eigenvalue weighted by atomic mass is 19.1. The van der Waals surface area contributed by atoms with Gasteiger partial charge in [-0.3, -0.25) is 4.79 Å². The lowest BCUT2D eigenvalue weighted by Gasteiger charge is -2.07. The number of rotatable bonds is 6. The molecule has 0 aliphatic rings. The maximum Gasteiger partial charge on any atom is 0.343 e. The van der Waals surface area contributed by atoms with Gasteiger partial charge in [-0.1, -0.05) is 0 Å². The monoisotopic (exact) mass is 364 g/mol. The summed E-state index contributed by atoms with van der Waals surface area (Å²) in [5.74, 6) is -0.139. The third kappa shape index (κ3) is 4.58. The fraction of sp³-hybridized carbons (Fsp3) is 0.0909. The summed E-state index contributed by atoms with van der Waals surface area (Å²) in [6.45, 7) is 2.43. The van der Waals surface area contributed by atoms with E-state index >= 15 is 0 Å². The number of esters is 1. The molecule has 136 valence electrons. The predicted octanol–water partition coefficient (Wildman–Crippen LogP) is 4.67. The molecule has 0 saturated carbocycles. The molecular weight excluding hydrogens is 347 g/mol. The van der Waals surface area contributed by atoms with Crippen LogP contribution in [0.4, 0.5) is 4.39 Å². The first-order valence-electron chi connectivity index (χ1n) is 8.42. The highest BCUT2D eigenvalue weighted by Gasteiger charge is 2.12. The number of ether oxygens (including phenoxy) is 2. The van der Waals surface area contributed by atoms with Gasteiger partial charge >= 0.3 is 5.97 Å². The van der Waals surface area contributed by atoms with E-state index in [0.29, 0.717) is 34.8 Å². The Balaban J connectivity index is 1.67. The predicted molar refractivity (Wildman–Crippen MR) is 98.8 cm³/mol. The van der Waals surface area contributed by atoms with Gasteiger partial charge in [-0.25, -0.2) is 9.18 Å².